The van der Waals surface area contributed by atoms with Gasteiger partial charge in [0.05, 0.1) is 13.2 Å². The molecule has 20 heavy (non-hydrogen) atoms. The molecule has 0 aliphatic rings. The molecule has 0 fully saturated rings. The Balaban J connectivity index is 2.21. The highest BCUT2D eigenvalue weighted by Gasteiger charge is 2.14. The summed E-state index contributed by atoms with van der Waals surface area (Å²) in [7, 11) is 1.60. The normalized spacial score (nSPS) is 10.6. The number of carbonyl (C=O) groups excluding carboxylic acids is 1. The van der Waals surface area contributed by atoms with E-state index in [0.717, 1.165) is 10.0 Å². The molecular weight excluding hydrogens is 324 g/mol. The highest BCUT2D eigenvalue weighted by atomic mass is 79.9. The Bertz CT molecular complexity index is 610. The van der Waals surface area contributed by atoms with Gasteiger partial charge in [-0.2, -0.15) is 0 Å². The van der Waals surface area contributed by atoms with E-state index in [1.807, 2.05) is 18.2 Å². The number of ether oxygens (including phenoxy) is 1. The maximum absolute atomic E-state index is 12.1. The van der Waals surface area contributed by atoms with Crippen molar-refractivity contribution in [1.29, 1.82) is 0 Å². The first kappa shape index (κ1) is 14.8. The van der Waals surface area contributed by atoms with Gasteiger partial charge >= 0.3 is 0 Å². The Kier molecular flexibility index (Phi) is 4.94. The molecule has 0 saturated carbocycles. The van der Waals surface area contributed by atoms with Crippen LogP contribution in [-0.2, 0) is 17.9 Å². The van der Waals surface area contributed by atoms with Gasteiger partial charge in [0.1, 0.15) is 5.76 Å². The zero-order chi connectivity index (χ0) is 14.5. The summed E-state index contributed by atoms with van der Waals surface area (Å²) in [6.45, 7) is 0.655. The van der Waals surface area contributed by atoms with E-state index >= 15 is 0 Å². The van der Waals surface area contributed by atoms with Crippen molar-refractivity contribution in [3.63, 3.8) is 0 Å². The van der Waals surface area contributed by atoms with Crippen molar-refractivity contribution < 1.29 is 13.9 Å². The van der Waals surface area contributed by atoms with Crippen molar-refractivity contribution in [3.8, 4) is 0 Å². The van der Waals surface area contributed by atoms with E-state index in [-0.39, 0.29) is 18.2 Å². The second-order valence-corrected chi connectivity index (χ2v) is 4.98. The second-order valence-electron chi connectivity index (χ2n) is 4.12. The highest BCUT2D eigenvalue weighted by molar-refractivity contribution is 9.10. The summed E-state index contributed by atoms with van der Waals surface area (Å²) in [5.74, 6) is 0.482. The number of nitrogens with two attached hydrogens (primary N) is 1. The maximum atomic E-state index is 12.1. The predicted molar refractivity (Wildman–Crippen MR) is 79.4 cm³/mol. The SMILES string of the molecule is COCc1c(Br)cccc1NC(=O)c1ccc(CN)o1. The number of methoxy groups -OCH3 is 1. The Morgan fingerprint density at radius 2 is 2.20 bits per heavy atom. The average Bonchev–Trinajstić information content (AvgIpc) is 2.91. The molecule has 0 saturated heterocycles. The first-order valence-electron chi connectivity index (χ1n) is 6.02. The van der Waals surface area contributed by atoms with Crippen LogP contribution in [-0.4, -0.2) is 13.0 Å². The van der Waals surface area contributed by atoms with E-state index in [1.54, 1.807) is 19.2 Å². The third-order valence-electron chi connectivity index (χ3n) is 2.74. The van der Waals surface area contributed by atoms with Crippen LogP contribution in [0.25, 0.3) is 0 Å². The van der Waals surface area contributed by atoms with Gasteiger partial charge in [0, 0.05) is 22.8 Å². The Labute approximate surface area is 125 Å². The van der Waals surface area contributed by atoms with Crippen LogP contribution in [0.3, 0.4) is 0 Å². The summed E-state index contributed by atoms with van der Waals surface area (Å²) in [5, 5.41) is 2.81. The van der Waals surface area contributed by atoms with Crippen molar-refractivity contribution in [1.82, 2.24) is 0 Å². The van der Waals surface area contributed by atoms with Gasteiger partial charge in [-0.3, -0.25) is 4.79 Å². The summed E-state index contributed by atoms with van der Waals surface area (Å²) >= 11 is 3.44. The van der Waals surface area contributed by atoms with E-state index in [1.165, 1.54) is 0 Å². The molecular formula is C14H15BrN2O3. The molecule has 0 bridgehead atoms. The summed E-state index contributed by atoms with van der Waals surface area (Å²) in [4.78, 5) is 12.1. The number of carbonyl (C=O) groups is 1. The van der Waals surface area contributed by atoms with Crippen molar-refractivity contribution in [3.05, 3.63) is 51.9 Å². The lowest BCUT2D eigenvalue weighted by molar-refractivity contribution is 0.0994. The molecule has 6 heteroatoms. The largest absolute Gasteiger partial charge is 0.455 e. The van der Waals surface area contributed by atoms with E-state index < -0.39 is 0 Å². The molecule has 0 unspecified atom stereocenters. The lowest BCUT2D eigenvalue weighted by atomic mass is 10.2. The number of nitrogens with one attached hydrogen (secondary N) is 1. The molecule has 0 aliphatic heterocycles. The molecule has 0 atom stereocenters. The molecule has 3 N–H and O–H groups in total. The molecule has 0 aliphatic carbocycles. The lowest BCUT2D eigenvalue weighted by Crippen LogP contribution is -2.13. The van der Waals surface area contributed by atoms with Crippen LogP contribution in [0.4, 0.5) is 5.69 Å². The number of hydrogen-bond acceptors (Lipinski definition) is 4. The standard InChI is InChI=1S/C14H15BrN2O3/c1-19-8-10-11(15)3-2-4-12(10)17-14(18)13-6-5-9(7-16)20-13/h2-6H,7-8,16H2,1H3,(H,17,18). The van der Waals surface area contributed by atoms with E-state index in [9.17, 15) is 4.79 Å². The van der Waals surface area contributed by atoms with Crippen LogP contribution in [0.15, 0.2) is 39.2 Å². The van der Waals surface area contributed by atoms with Crippen LogP contribution < -0.4 is 11.1 Å². The topological polar surface area (TPSA) is 77.5 Å². The minimum Gasteiger partial charge on any atom is -0.455 e. The summed E-state index contributed by atoms with van der Waals surface area (Å²) in [5.41, 5.74) is 7.00. The number of benzene rings is 1. The zero-order valence-corrected chi connectivity index (χ0v) is 12.6. The number of furan rings is 1. The van der Waals surface area contributed by atoms with Crippen molar-refractivity contribution in [2.24, 2.45) is 5.73 Å². The number of halogens is 1. The first-order chi connectivity index (χ1) is 9.65. The molecule has 0 radical (unpaired) electrons. The number of anilines is 1. The summed E-state index contributed by atoms with van der Waals surface area (Å²) in [6, 6.07) is 8.83. The van der Waals surface area contributed by atoms with Gasteiger partial charge in [0.25, 0.3) is 5.91 Å². The van der Waals surface area contributed by atoms with Crippen molar-refractivity contribution in [2.45, 2.75) is 13.2 Å². The molecule has 2 rings (SSSR count). The molecule has 1 aromatic heterocycles. The molecule has 106 valence electrons. The monoisotopic (exact) mass is 338 g/mol. The minimum absolute atomic E-state index is 0.230. The Morgan fingerprint density at radius 3 is 2.85 bits per heavy atom. The van der Waals surface area contributed by atoms with Crippen molar-refractivity contribution in [2.75, 3.05) is 12.4 Å². The van der Waals surface area contributed by atoms with Crippen molar-refractivity contribution >= 4 is 27.5 Å². The van der Waals surface area contributed by atoms with Gasteiger partial charge in [-0.05, 0) is 24.3 Å². The smallest absolute Gasteiger partial charge is 0.291 e. The van der Waals surface area contributed by atoms with Crippen LogP contribution in [0, 0.1) is 0 Å². The third-order valence-corrected chi connectivity index (χ3v) is 3.49. The van der Waals surface area contributed by atoms with Crippen LogP contribution in [0.1, 0.15) is 21.9 Å². The molecule has 2 aromatic rings. The van der Waals surface area contributed by atoms with Crippen LogP contribution >= 0.6 is 15.9 Å². The first-order valence-corrected chi connectivity index (χ1v) is 6.81. The minimum atomic E-state index is -0.319. The van der Waals surface area contributed by atoms with Gasteiger partial charge in [-0.25, -0.2) is 0 Å². The van der Waals surface area contributed by atoms with Gasteiger partial charge in [-0.1, -0.05) is 22.0 Å². The highest BCUT2D eigenvalue weighted by Crippen LogP contribution is 2.26. The summed E-state index contributed by atoms with van der Waals surface area (Å²) < 4.78 is 11.3. The Morgan fingerprint density at radius 1 is 1.40 bits per heavy atom. The van der Waals surface area contributed by atoms with Gasteiger partial charge < -0.3 is 20.2 Å². The summed E-state index contributed by atoms with van der Waals surface area (Å²) in [6.07, 6.45) is 0. The number of amides is 1. The number of hydrogen-bond donors (Lipinski definition) is 2. The van der Waals surface area contributed by atoms with Gasteiger partial charge in [-0.15, -0.1) is 0 Å². The quantitative estimate of drug-likeness (QED) is 0.878. The maximum Gasteiger partial charge on any atom is 0.291 e. The van der Waals surface area contributed by atoms with E-state index in [4.69, 9.17) is 14.9 Å². The molecule has 1 heterocycles. The molecule has 0 spiro atoms. The molecule has 1 amide bonds. The second kappa shape index (κ2) is 6.69. The average molecular weight is 339 g/mol. The lowest BCUT2D eigenvalue weighted by Gasteiger charge is -2.11. The van der Waals surface area contributed by atoms with E-state index in [0.29, 0.717) is 18.1 Å². The number of rotatable bonds is 5. The Hall–Kier alpha value is -1.63. The van der Waals surface area contributed by atoms with E-state index in [2.05, 4.69) is 21.2 Å². The third kappa shape index (κ3) is 3.27. The zero-order valence-electron chi connectivity index (χ0n) is 11.0. The molecule has 1 aromatic carbocycles. The fourth-order valence-electron chi connectivity index (χ4n) is 1.76. The predicted octanol–water partition coefficient (Wildman–Crippen LogP) is 2.90. The fourth-order valence-corrected chi connectivity index (χ4v) is 2.24. The van der Waals surface area contributed by atoms with Crippen LogP contribution in [0.2, 0.25) is 0 Å². The molecule has 5 nitrogen and oxygen atoms in total. The van der Waals surface area contributed by atoms with Gasteiger partial charge in [0.2, 0.25) is 0 Å². The fraction of sp³-hybridized carbons (Fsp3) is 0.214. The van der Waals surface area contributed by atoms with Crippen LogP contribution in [0.5, 0.6) is 0 Å². The van der Waals surface area contributed by atoms with Gasteiger partial charge in [0.15, 0.2) is 5.76 Å².